The van der Waals surface area contributed by atoms with Gasteiger partial charge in [0.25, 0.3) is 0 Å². The van der Waals surface area contributed by atoms with Crippen molar-refractivity contribution in [3.63, 3.8) is 0 Å². The van der Waals surface area contributed by atoms with Crippen LogP contribution in [0.5, 0.6) is 0 Å². The second-order valence-electron chi connectivity index (χ2n) is 3.58. The fourth-order valence-corrected chi connectivity index (χ4v) is 1.76. The summed E-state index contributed by atoms with van der Waals surface area (Å²) in [6.45, 7) is 3.43. The molecule has 1 N–H and O–H groups in total. The Bertz CT molecular complexity index is 245. The van der Waals surface area contributed by atoms with Crippen molar-refractivity contribution in [2.45, 2.75) is 19.4 Å². The summed E-state index contributed by atoms with van der Waals surface area (Å²) < 4.78 is 0. The zero-order chi connectivity index (χ0) is 8.39. The van der Waals surface area contributed by atoms with E-state index in [1.165, 1.54) is 12.0 Å². The third-order valence-electron chi connectivity index (χ3n) is 2.46. The number of pyridine rings is 1. The van der Waals surface area contributed by atoms with Crippen LogP contribution in [-0.4, -0.2) is 11.5 Å². The molecule has 2 rings (SSSR count). The summed E-state index contributed by atoms with van der Waals surface area (Å²) in [5, 5.41) is 3.49. The number of aromatic nitrogens is 1. The van der Waals surface area contributed by atoms with E-state index in [1.807, 2.05) is 12.4 Å². The molecule has 1 aromatic heterocycles. The number of nitrogens with zero attached hydrogens (tertiary/aromatic N) is 1. The van der Waals surface area contributed by atoms with E-state index < -0.39 is 0 Å². The standard InChI is InChI=1S/C10H14N2/c1-8-6-10(12-7-8)9-2-4-11-5-3-9/h2-5,8,10,12H,6-7H2,1H3/t8-,10+/m1/s1. The zero-order valence-electron chi connectivity index (χ0n) is 7.33. The largest absolute Gasteiger partial charge is 0.310 e. The summed E-state index contributed by atoms with van der Waals surface area (Å²) in [6.07, 6.45) is 4.98. The van der Waals surface area contributed by atoms with Crippen LogP contribution in [0, 0.1) is 5.92 Å². The van der Waals surface area contributed by atoms with Crippen LogP contribution in [0.25, 0.3) is 0 Å². The molecule has 0 radical (unpaired) electrons. The molecule has 1 aliphatic rings. The van der Waals surface area contributed by atoms with E-state index in [1.54, 1.807) is 0 Å². The fraction of sp³-hybridized carbons (Fsp3) is 0.500. The lowest BCUT2D eigenvalue weighted by atomic mass is 10.0. The van der Waals surface area contributed by atoms with E-state index in [0.29, 0.717) is 6.04 Å². The van der Waals surface area contributed by atoms with Gasteiger partial charge in [-0.3, -0.25) is 4.98 Å². The van der Waals surface area contributed by atoms with Crippen molar-refractivity contribution in [1.29, 1.82) is 0 Å². The first kappa shape index (κ1) is 7.74. The van der Waals surface area contributed by atoms with Gasteiger partial charge in [-0.15, -0.1) is 0 Å². The van der Waals surface area contributed by atoms with Crippen LogP contribution in [-0.2, 0) is 0 Å². The lowest BCUT2D eigenvalue weighted by molar-refractivity contribution is 0.611. The molecule has 1 saturated heterocycles. The molecule has 0 aromatic carbocycles. The highest BCUT2D eigenvalue weighted by molar-refractivity contribution is 5.16. The topological polar surface area (TPSA) is 24.9 Å². The minimum atomic E-state index is 0.558. The van der Waals surface area contributed by atoms with Gasteiger partial charge in [-0.25, -0.2) is 0 Å². The Morgan fingerprint density at radius 1 is 1.42 bits per heavy atom. The van der Waals surface area contributed by atoms with Crippen LogP contribution >= 0.6 is 0 Å². The highest BCUT2D eigenvalue weighted by Gasteiger charge is 2.21. The molecule has 2 heterocycles. The van der Waals surface area contributed by atoms with Gasteiger partial charge in [0.15, 0.2) is 0 Å². The molecule has 0 spiro atoms. The molecular formula is C10H14N2. The Balaban J connectivity index is 2.11. The molecule has 1 aliphatic heterocycles. The van der Waals surface area contributed by atoms with Crippen molar-refractivity contribution >= 4 is 0 Å². The molecule has 0 unspecified atom stereocenters. The average Bonchev–Trinajstić information content (AvgIpc) is 2.54. The summed E-state index contributed by atoms with van der Waals surface area (Å²) in [5.41, 5.74) is 1.37. The van der Waals surface area contributed by atoms with Gasteiger partial charge in [0, 0.05) is 18.4 Å². The Hall–Kier alpha value is -0.890. The van der Waals surface area contributed by atoms with E-state index in [9.17, 15) is 0 Å². The second kappa shape index (κ2) is 3.23. The van der Waals surface area contributed by atoms with E-state index in [-0.39, 0.29) is 0 Å². The molecule has 2 atom stereocenters. The normalized spacial score (nSPS) is 29.1. The summed E-state index contributed by atoms with van der Waals surface area (Å²) in [7, 11) is 0. The second-order valence-corrected chi connectivity index (χ2v) is 3.58. The molecule has 1 fully saturated rings. The Labute approximate surface area is 73.0 Å². The fourth-order valence-electron chi connectivity index (χ4n) is 1.76. The molecule has 0 saturated carbocycles. The number of hydrogen-bond acceptors (Lipinski definition) is 2. The summed E-state index contributed by atoms with van der Waals surface area (Å²) >= 11 is 0. The molecule has 0 aliphatic carbocycles. The van der Waals surface area contributed by atoms with Gasteiger partial charge < -0.3 is 5.32 Å². The van der Waals surface area contributed by atoms with Gasteiger partial charge in [0.1, 0.15) is 0 Å². The SMILES string of the molecule is C[C@H]1CN[C@H](c2ccncc2)C1. The maximum Gasteiger partial charge on any atom is 0.0324 e. The van der Waals surface area contributed by atoms with E-state index >= 15 is 0 Å². The van der Waals surface area contributed by atoms with Crippen LogP contribution in [0.2, 0.25) is 0 Å². The van der Waals surface area contributed by atoms with E-state index in [4.69, 9.17) is 0 Å². The van der Waals surface area contributed by atoms with Crippen molar-refractivity contribution in [2.24, 2.45) is 5.92 Å². The van der Waals surface area contributed by atoms with E-state index in [2.05, 4.69) is 29.4 Å². The van der Waals surface area contributed by atoms with Gasteiger partial charge in [-0.2, -0.15) is 0 Å². The number of rotatable bonds is 1. The maximum atomic E-state index is 4.01. The molecule has 1 aromatic rings. The van der Waals surface area contributed by atoms with Crippen LogP contribution < -0.4 is 5.32 Å². The Morgan fingerprint density at radius 2 is 2.17 bits per heavy atom. The highest BCUT2D eigenvalue weighted by atomic mass is 14.9. The third-order valence-corrected chi connectivity index (χ3v) is 2.46. The van der Waals surface area contributed by atoms with Gasteiger partial charge in [-0.05, 0) is 36.6 Å². The highest BCUT2D eigenvalue weighted by Crippen LogP contribution is 2.25. The van der Waals surface area contributed by atoms with Crippen LogP contribution in [0.3, 0.4) is 0 Å². The van der Waals surface area contributed by atoms with Crippen LogP contribution in [0.1, 0.15) is 24.9 Å². The molecule has 0 amide bonds. The lowest BCUT2D eigenvalue weighted by Crippen LogP contribution is -2.13. The first-order valence-electron chi connectivity index (χ1n) is 4.49. The minimum absolute atomic E-state index is 0.558. The lowest BCUT2D eigenvalue weighted by Gasteiger charge is -2.09. The van der Waals surface area contributed by atoms with Gasteiger partial charge >= 0.3 is 0 Å². The average molecular weight is 162 g/mol. The Kier molecular flexibility index (Phi) is 2.09. The van der Waals surface area contributed by atoms with Crippen molar-refractivity contribution in [2.75, 3.05) is 6.54 Å². The predicted molar refractivity (Wildman–Crippen MR) is 48.8 cm³/mol. The number of hydrogen-bond donors (Lipinski definition) is 1. The third kappa shape index (κ3) is 1.48. The summed E-state index contributed by atoms with van der Waals surface area (Å²) in [6, 6.07) is 4.74. The summed E-state index contributed by atoms with van der Waals surface area (Å²) in [4.78, 5) is 4.01. The van der Waals surface area contributed by atoms with Gasteiger partial charge in [0.05, 0.1) is 0 Å². The molecule has 2 heteroatoms. The zero-order valence-corrected chi connectivity index (χ0v) is 7.33. The molecule has 0 bridgehead atoms. The molecule has 2 nitrogen and oxygen atoms in total. The van der Waals surface area contributed by atoms with E-state index in [0.717, 1.165) is 12.5 Å². The molecule has 64 valence electrons. The smallest absolute Gasteiger partial charge is 0.0324 e. The molecular weight excluding hydrogens is 148 g/mol. The van der Waals surface area contributed by atoms with Crippen LogP contribution in [0.15, 0.2) is 24.5 Å². The predicted octanol–water partition coefficient (Wildman–Crippen LogP) is 1.75. The van der Waals surface area contributed by atoms with Gasteiger partial charge in [0.2, 0.25) is 0 Å². The first-order chi connectivity index (χ1) is 5.86. The maximum absolute atomic E-state index is 4.01. The van der Waals surface area contributed by atoms with Crippen molar-refractivity contribution < 1.29 is 0 Å². The van der Waals surface area contributed by atoms with Crippen molar-refractivity contribution in [3.05, 3.63) is 30.1 Å². The first-order valence-corrected chi connectivity index (χ1v) is 4.49. The number of nitrogens with one attached hydrogen (secondary N) is 1. The molecule has 12 heavy (non-hydrogen) atoms. The van der Waals surface area contributed by atoms with Crippen LogP contribution in [0.4, 0.5) is 0 Å². The minimum Gasteiger partial charge on any atom is -0.310 e. The summed E-state index contributed by atoms with van der Waals surface area (Å²) in [5.74, 6) is 0.808. The van der Waals surface area contributed by atoms with Crippen molar-refractivity contribution in [3.8, 4) is 0 Å². The Morgan fingerprint density at radius 3 is 2.75 bits per heavy atom. The van der Waals surface area contributed by atoms with Gasteiger partial charge in [-0.1, -0.05) is 6.92 Å². The van der Waals surface area contributed by atoms with Crippen molar-refractivity contribution in [1.82, 2.24) is 10.3 Å². The monoisotopic (exact) mass is 162 g/mol. The quantitative estimate of drug-likeness (QED) is 0.680.